The fourth-order valence-corrected chi connectivity index (χ4v) is 0.998. The van der Waals surface area contributed by atoms with Gasteiger partial charge in [-0.2, -0.15) is 0 Å². The topological polar surface area (TPSA) is 67.4 Å². The highest BCUT2D eigenvalue weighted by Crippen LogP contribution is 1.97. The summed E-state index contributed by atoms with van der Waals surface area (Å²) in [5, 5.41) is 5.12. The average molecular weight is 230 g/mol. The Morgan fingerprint density at radius 2 is 1.81 bits per heavy atom. The third-order valence-electron chi connectivity index (χ3n) is 1.65. The van der Waals surface area contributed by atoms with Gasteiger partial charge in [0, 0.05) is 25.3 Å². The quantitative estimate of drug-likeness (QED) is 0.532. The van der Waals surface area contributed by atoms with Crippen molar-refractivity contribution in [2.24, 2.45) is 0 Å². The first-order valence-corrected chi connectivity index (χ1v) is 5.55. The Hall–Kier alpha value is -1.10. The van der Waals surface area contributed by atoms with Crippen molar-refractivity contribution in [1.82, 2.24) is 10.6 Å². The molecule has 94 valence electrons. The van der Waals surface area contributed by atoms with Crippen LogP contribution in [0.3, 0.4) is 0 Å². The number of amides is 2. The van der Waals surface area contributed by atoms with Crippen LogP contribution >= 0.6 is 0 Å². The monoisotopic (exact) mass is 230 g/mol. The third-order valence-corrected chi connectivity index (χ3v) is 1.65. The SMILES string of the molecule is CCOCCCNC(=O)C(=O)NC(C)(C)C. The van der Waals surface area contributed by atoms with Crippen LogP contribution in [-0.2, 0) is 14.3 Å². The maximum Gasteiger partial charge on any atom is 0.309 e. The van der Waals surface area contributed by atoms with Gasteiger partial charge in [-0.15, -0.1) is 0 Å². The molecule has 0 unspecified atom stereocenters. The highest BCUT2D eigenvalue weighted by atomic mass is 16.5. The largest absolute Gasteiger partial charge is 0.382 e. The van der Waals surface area contributed by atoms with Gasteiger partial charge in [0.15, 0.2) is 0 Å². The normalized spacial score (nSPS) is 11.0. The Labute approximate surface area is 96.9 Å². The van der Waals surface area contributed by atoms with Crippen molar-refractivity contribution in [3.63, 3.8) is 0 Å². The molecule has 0 radical (unpaired) electrons. The summed E-state index contributed by atoms with van der Waals surface area (Å²) in [6.45, 7) is 9.11. The van der Waals surface area contributed by atoms with Gasteiger partial charge in [-0.05, 0) is 34.1 Å². The second-order valence-corrected chi connectivity index (χ2v) is 4.51. The fourth-order valence-electron chi connectivity index (χ4n) is 0.998. The number of carbonyl (C=O) groups excluding carboxylic acids is 2. The summed E-state index contributed by atoms with van der Waals surface area (Å²) in [5.41, 5.74) is -0.389. The van der Waals surface area contributed by atoms with Crippen LogP contribution in [0.4, 0.5) is 0 Å². The maximum atomic E-state index is 11.3. The first-order valence-electron chi connectivity index (χ1n) is 5.55. The van der Waals surface area contributed by atoms with Crippen LogP contribution in [0.15, 0.2) is 0 Å². The fraction of sp³-hybridized carbons (Fsp3) is 0.818. The molecule has 0 aliphatic heterocycles. The average Bonchev–Trinajstić information content (AvgIpc) is 2.14. The van der Waals surface area contributed by atoms with E-state index in [2.05, 4.69) is 10.6 Å². The molecule has 0 spiro atoms. The van der Waals surface area contributed by atoms with E-state index in [1.165, 1.54) is 0 Å². The van der Waals surface area contributed by atoms with Crippen LogP contribution in [0.2, 0.25) is 0 Å². The molecule has 0 bridgehead atoms. The van der Waals surface area contributed by atoms with E-state index >= 15 is 0 Å². The molecule has 0 aliphatic carbocycles. The van der Waals surface area contributed by atoms with E-state index in [9.17, 15) is 9.59 Å². The molecule has 5 nitrogen and oxygen atoms in total. The van der Waals surface area contributed by atoms with Gasteiger partial charge in [0.2, 0.25) is 0 Å². The van der Waals surface area contributed by atoms with E-state index in [0.29, 0.717) is 26.2 Å². The molecule has 0 aromatic heterocycles. The summed E-state index contributed by atoms with van der Waals surface area (Å²) < 4.78 is 5.10. The van der Waals surface area contributed by atoms with Crippen LogP contribution in [0, 0.1) is 0 Å². The second-order valence-electron chi connectivity index (χ2n) is 4.51. The van der Waals surface area contributed by atoms with Gasteiger partial charge in [-0.25, -0.2) is 0 Å². The van der Waals surface area contributed by atoms with Crippen LogP contribution in [0.5, 0.6) is 0 Å². The van der Waals surface area contributed by atoms with Gasteiger partial charge in [0.25, 0.3) is 0 Å². The lowest BCUT2D eigenvalue weighted by Gasteiger charge is -2.19. The summed E-state index contributed by atoms with van der Waals surface area (Å²) in [6, 6.07) is 0. The van der Waals surface area contributed by atoms with Gasteiger partial charge < -0.3 is 15.4 Å². The van der Waals surface area contributed by atoms with Crippen molar-refractivity contribution < 1.29 is 14.3 Å². The molecule has 2 amide bonds. The summed E-state index contributed by atoms with van der Waals surface area (Å²) in [6.07, 6.45) is 0.711. The number of hydrogen-bond acceptors (Lipinski definition) is 3. The van der Waals surface area contributed by atoms with Crippen LogP contribution in [-0.4, -0.2) is 37.1 Å². The van der Waals surface area contributed by atoms with Gasteiger partial charge in [0.05, 0.1) is 0 Å². The lowest BCUT2D eigenvalue weighted by atomic mass is 10.1. The van der Waals surface area contributed by atoms with E-state index in [0.717, 1.165) is 0 Å². The zero-order chi connectivity index (χ0) is 12.6. The van der Waals surface area contributed by atoms with Gasteiger partial charge >= 0.3 is 11.8 Å². The lowest BCUT2D eigenvalue weighted by Crippen LogP contribution is -2.48. The molecule has 0 aromatic rings. The van der Waals surface area contributed by atoms with Crippen molar-refractivity contribution in [2.75, 3.05) is 19.8 Å². The molecule has 0 atom stereocenters. The Balaban J connectivity index is 3.68. The maximum absolute atomic E-state index is 11.3. The van der Waals surface area contributed by atoms with Crippen LogP contribution in [0.1, 0.15) is 34.1 Å². The lowest BCUT2D eigenvalue weighted by molar-refractivity contribution is -0.140. The number of rotatable bonds is 5. The standard InChI is InChI=1S/C11H22N2O3/c1-5-16-8-6-7-12-9(14)10(15)13-11(2,3)4/h5-8H2,1-4H3,(H,12,14)(H,13,15). The summed E-state index contributed by atoms with van der Waals surface area (Å²) in [5.74, 6) is -1.18. The molecular formula is C11H22N2O3. The minimum atomic E-state index is -0.594. The minimum absolute atomic E-state index is 0.389. The molecule has 0 heterocycles. The minimum Gasteiger partial charge on any atom is -0.382 e. The predicted molar refractivity (Wildman–Crippen MR) is 62.0 cm³/mol. The molecule has 0 rings (SSSR count). The first-order chi connectivity index (χ1) is 7.37. The van der Waals surface area contributed by atoms with Crippen LogP contribution in [0.25, 0.3) is 0 Å². The van der Waals surface area contributed by atoms with Crippen molar-refractivity contribution in [1.29, 1.82) is 0 Å². The number of carbonyl (C=O) groups is 2. The number of hydrogen-bond donors (Lipinski definition) is 2. The summed E-state index contributed by atoms with van der Waals surface area (Å²) >= 11 is 0. The van der Waals surface area contributed by atoms with Crippen molar-refractivity contribution in [3.8, 4) is 0 Å². The van der Waals surface area contributed by atoms with Crippen molar-refractivity contribution in [3.05, 3.63) is 0 Å². The molecule has 0 saturated carbocycles. The van der Waals surface area contributed by atoms with E-state index in [-0.39, 0.29) is 5.54 Å². The predicted octanol–water partition coefficient (Wildman–Crippen LogP) is 0.444. The van der Waals surface area contributed by atoms with E-state index in [1.807, 2.05) is 27.7 Å². The molecule has 5 heteroatoms. The zero-order valence-corrected chi connectivity index (χ0v) is 10.6. The number of nitrogens with one attached hydrogen (secondary N) is 2. The van der Waals surface area contributed by atoms with Gasteiger partial charge in [0.1, 0.15) is 0 Å². The van der Waals surface area contributed by atoms with E-state index in [1.54, 1.807) is 0 Å². The molecule has 0 aromatic carbocycles. The Morgan fingerprint density at radius 3 is 2.31 bits per heavy atom. The highest BCUT2D eigenvalue weighted by molar-refractivity contribution is 6.35. The van der Waals surface area contributed by atoms with Crippen LogP contribution < -0.4 is 10.6 Å². The van der Waals surface area contributed by atoms with Gasteiger partial charge in [-0.1, -0.05) is 0 Å². The summed E-state index contributed by atoms with van der Waals surface area (Å²) in [4.78, 5) is 22.6. The molecule has 0 saturated heterocycles. The van der Waals surface area contributed by atoms with Crippen molar-refractivity contribution in [2.45, 2.75) is 39.7 Å². The zero-order valence-electron chi connectivity index (χ0n) is 10.6. The first kappa shape index (κ1) is 14.9. The molecule has 0 aliphatic rings. The second kappa shape index (κ2) is 7.22. The Morgan fingerprint density at radius 1 is 1.19 bits per heavy atom. The van der Waals surface area contributed by atoms with Crippen molar-refractivity contribution >= 4 is 11.8 Å². The van der Waals surface area contributed by atoms with Gasteiger partial charge in [-0.3, -0.25) is 9.59 Å². The summed E-state index contributed by atoms with van der Waals surface area (Å²) in [7, 11) is 0. The van der Waals surface area contributed by atoms with E-state index in [4.69, 9.17) is 4.74 Å². The molecule has 16 heavy (non-hydrogen) atoms. The highest BCUT2D eigenvalue weighted by Gasteiger charge is 2.19. The number of ether oxygens (including phenoxy) is 1. The Bertz CT molecular complexity index is 234. The molecule has 2 N–H and O–H groups in total. The molecule has 0 fully saturated rings. The Kier molecular flexibility index (Phi) is 6.72. The molecular weight excluding hydrogens is 208 g/mol. The smallest absolute Gasteiger partial charge is 0.309 e. The third kappa shape index (κ3) is 8.23. The van der Waals surface area contributed by atoms with E-state index < -0.39 is 11.8 Å².